The Balaban J connectivity index is 0. The van der Waals surface area contributed by atoms with Crippen molar-refractivity contribution in [3.05, 3.63) is 0 Å². The predicted molar refractivity (Wildman–Crippen MR) is 48.4 cm³/mol. The standard InChI is InChI=1S/C7H15.BF3.K/c1-3-5-7-6-4-2;2-1(3)4;/h1,3-7H2,2H3;;. The van der Waals surface area contributed by atoms with Gasteiger partial charge in [-0.05, 0) is 0 Å². The summed E-state index contributed by atoms with van der Waals surface area (Å²) in [5.41, 5.74) is 0. The number of hydrogen-bond acceptors (Lipinski definition) is 0. The third kappa shape index (κ3) is 30.0. The molecule has 0 fully saturated rings. The molecule has 0 spiro atoms. The number of rotatable bonds is 5. The first-order valence-corrected chi connectivity index (χ1v) is 6.78. The summed E-state index contributed by atoms with van der Waals surface area (Å²) in [5, 5.41) is 0. The van der Waals surface area contributed by atoms with Crippen LogP contribution in [0.1, 0.15) is 39.0 Å². The summed E-state index contributed by atoms with van der Waals surface area (Å²) in [5.74, 6) is 0. The Bertz CT molecular complexity index is 64.9. The van der Waals surface area contributed by atoms with E-state index in [1.165, 1.54) is 32.1 Å². The fraction of sp³-hybridized carbons (Fsp3) is 1.00. The van der Waals surface area contributed by atoms with Crippen molar-refractivity contribution >= 4 is 56.5 Å². The van der Waals surface area contributed by atoms with Gasteiger partial charge in [0.15, 0.2) is 0 Å². The quantitative estimate of drug-likeness (QED) is 0.477. The van der Waals surface area contributed by atoms with Crippen molar-refractivity contribution in [3.8, 4) is 0 Å². The van der Waals surface area contributed by atoms with E-state index in [9.17, 15) is 12.9 Å². The Morgan fingerprint density at radius 1 is 1.00 bits per heavy atom. The van der Waals surface area contributed by atoms with Gasteiger partial charge in [-0.2, -0.15) is 0 Å². The van der Waals surface area contributed by atoms with Crippen LogP contribution in [0.2, 0.25) is 0.515 Å². The second kappa shape index (κ2) is 15.0. The van der Waals surface area contributed by atoms with Crippen molar-refractivity contribution < 1.29 is 12.9 Å². The van der Waals surface area contributed by atoms with Crippen LogP contribution in [0.15, 0.2) is 0 Å². The molecule has 12 heavy (non-hydrogen) atoms. The normalized spacial score (nSPS) is 8.83. The minimum Gasteiger partial charge on any atom is -0.254 e. The summed E-state index contributed by atoms with van der Waals surface area (Å²) in [6.07, 6.45) is 7.32. The smallest absolute Gasteiger partial charge is 0.254 e. The molecule has 0 aliphatic rings. The molecule has 0 aromatic rings. The molecule has 5 heteroatoms. The molecule has 0 aromatic carbocycles. The Hall–Kier alpha value is 1.49. The Kier molecular flexibility index (Phi) is 19.9. The Labute approximate surface area is 107 Å². The van der Waals surface area contributed by atoms with E-state index < -0.39 is 7.54 Å². The van der Waals surface area contributed by atoms with E-state index in [0.29, 0.717) is 0 Å². The monoisotopic (exact) mass is 206 g/mol. The summed E-state index contributed by atoms with van der Waals surface area (Å²) in [4.78, 5) is 0. The Morgan fingerprint density at radius 3 is 1.75 bits per heavy atom. The van der Waals surface area contributed by atoms with Gasteiger partial charge in [0, 0.05) is 0 Å². The van der Waals surface area contributed by atoms with Crippen LogP contribution in [0.3, 0.4) is 0 Å². The van der Waals surface area contributed by atoms with Gasteiger partial charge in [0.05, 0.1) is 0 Å². The van der Waals surface area contributed by atoms with Gasteiger partial charge in [-0.25, -0.2) is 0 Å². The van der Waals surface area contributed by atoms with Crippen molar-refractivity contribution in [2.75, 3.05) is 0 Å². The zero-order chi connectivity index (χ0) is 9.82. The number of hydrogen-bond donors (Lipinski definition) is 0. The first-order chi connectivity index (χ1) is 5.65. The molecule has 0 saturated heterocycles. The number of unbranched alkanes of at least 4 members (excludes halogenated alkanes) is 4. The number of halogens is 3. The van der Waals surface area contributed by atoms with Crippen LogP contribution in [-0.2, 0) is 0 Å². The maximum absolute atomic E-state index is 9.67. The van der Waals surface area contributed by atoms with Crippen molar-refractivity contribution in [1.82, 2.24) is 0 Å². The molecule has 0 rings (SSSR count). The summed E-state index contributed by atoms with van der Waals surface area (Å²) >= 11 is 1.11. The van der Waals surface area contributed by atoms with E-state index in [-0.39, 0.29) is 0 Å². The van der Waals surface area contributed by atoms with Gasteiger partial charge in [-0.15, -0.1) is 0 Å². The molecular formula is C7H15BF3K. The minimum atomic E-state index is -3.67. The second-order valence-corrected chi connectivity index (χ2v) is 4.22. The first kappa shape index (κ1) is 15.9. The molecule has 0 nitrogen and oxygen atoms in total. The molecular weight excluding hydrogens is 191 g/mol. The molecule has 0 radical (unpaired) electrons. The van der Waals surface area contributed by atoms with Crippen molar-refractivity contribution in [2.45, 2.75) is 39.5 Å². The van der Waals surface area contributed by atoms with Gasteiger partial charge in [0.2, 0.25) is 0 Å². The zero-order valence-electron chi connectivity index (χ0n) is 7.95. The van der Waals surface area contributed by atoms with E-state index in [4.69, 9.17) is 0 Å². The molecule has 0 aliphatic carbocycles. The Morgan fingerprint density at radius 2 is 1.42 bits per heavy atom. The molecule has 68 valence electrons. The largest absolute Gasteiger partial charge is 0.762 e. The van der Waals surface area contributed by atoms with Gasteiger partial charge in [-0.1, -0.05) is 0 Å². The second-order valence-electron chi connectivity index (χ2n) is 2.66. The fourth-order valence-corrected chi connectivity index (χ4v) is 1.63. The van der Waals surface area contributed by atoms with Crippen LogP contribution < -0.4 is 0 Å². The van der Waals surface area contributed by atoms with E-state index in [0.717, 1.165) is 49.0 Å². The van der Waals surface area contributed by atoms with Gasteiger partial charge >= 0.3 is 96.0 Å². The van der Waals surface area contributed by atoms with Gasteiger partial charge in [-0.3, -0.25) is 12.9 Å². The van der Waals surface area contributed by atoms with E-state index in [2.05, 4.69) is 6.92 Å². The molecule has 0 N–H and O–H groups in total. The van der Waals surface area contributed by atoms with Crippen molar-refractivity contribution in [1.29, 1.82) is 0 Å². The molecule has 0 saturated carbocycles. The molecule has 0 aromatic heterocycles. The molecule has 0 aliphatic heterocycles. The third-order valence-electron chi connectivity index (χ3n) is 1.46. The SMILES string of the molecule is CCCCCC[CH2][K].FB(F)F. The first-order valence-electron chi connectivity index (χ1n) is 4.57. The van der Waals surface area contributed by atoms with Crippen LogP contribution in [0.4, 0.5) is 12.9 Å². The maximum Gasteiger partial charge on any atom is 0.762 e. The van der Waals surface area contributed by atoms with Gasteiger partial charge in [0.1, 0.15) is 0 Å². The molecule has 0 unspecified atom stereocenters. The summed E-state index contributed by atoms with van der Waals surface area (Å²) in [6.45, 7) is 2.27. The van der Waals surface area contributed by atoms with Crippen LogP contribution in [0, 0.1) is 0 Å². The van der Waals surface area contributed by atoms with Crippen LogP contribution >= 0.6 is 0 Å². The van der Waals surface area contributed by atoms with Crippen molar-refractivity contribution in [3.63, 3.8) is 0 Å². The van der Waals surface area contributed by atoms with Gasteiger partial charge in [0.25, 0.3) is 0 Å². The van der Waals surface area contributed by atoms with E-state index >= 15 is 0 Å². The topological polar surface area (TPSA) is 0 Å². The molecule has 0 bridgehead atoms. The van der Waals surface area contributed by atoms with Crippen molar-refractivity contribution in [2.24, 2.45) is 0 Å². The van der Waals surface area contributed by atoms with Gasteiger partial charge < -0.3 is 0 Å². The molecule has 0 amide bonds. The van der Waals surface area contributed by atoms with Crippen LogP contribution in [0.25, 0.3) is 0 Å². The maximum atomic E-state index is 9.67. The van der Waals surface area contributed by atoms with E-state index in [1.54, 1.807) is 0.515 Å². The van der Waals surface area contributed by atoms with E-state index in [1.807, 2.05) is 0 Å². The summed E-state index contributed by atoms with van der Waals surface area (Å²) in [6, 6.07) is 0. The average molecular weight is 206 g/mol. The predicted octanol–water partition coefficient (Wildman–Crippen LogP) is 3.42. The summed E-state index contributed by atoms with van der Waals surface area (Å²) < 4.78 is 30.6. The fourth-order valence-electron chi connectivity index (χ4n) is 0.854. The molecule has 0 atom stereocenters. The average Bonchev–Trinajstić information content (AvgIpc) is 1.97. The van der Waals surface area contributed by atoms with Crippen LogP contribution in [0.5, 0.6) is 0 Å². The van der Waals surface area contributed by atoms with Crippen LogP contribution in [-0.4, -0.2) is 56.5 Å². The third-order valence-corrected chi connectivity index (χ3v) is 2.56. The summed E-state index contributed by atoms with van der Waals surface area (Å²) in [7, 11) is -3.67. The molecule has 0 heterocycles. The zero-order valence-corrected chi connectivity index (χ0v) is 11.1. The minimum absolute atomic E-state index is 1.11.